The number of benzene rings is 2. The van der Waals surface area contributed by atoms with E-state index < -0.39 is 7.25 Å². The van der Waals surface area contributed by atoms with Crippen LogP contribution in [-0.4, -0.2) is 32.9 Å². The minimum absolute atomic E-state index is 0.536. The molecule has 0 atom stereocenters. The van der Waals surface area contributed by atoms with Gasteiger partial charge >= 0.3 is 7.25 Å². The van der Waals surface area contributed by atoms with Crippen LogP contribution in [-0.2, 0) is 0 Å². The van der Waals surface area contributed by atoms with Crippen LogP contribution in [0.5, 0.6) is 0 Å². The molecule has 1 aliphatic rings. The highest BCUT2D eigenvalue weighted by molar-refractivity contribution is 6.50. The summed E-state index contributed by atoms with van der Waals surface area (Å²) < 4.78 is 43.0. The molecule has 152 valence electrons. The number of fused-ring (bicyclic) bond motifs is 3. The van der Waals surface area contributed by atoms with E-state index in [0.717, 1.165) is 16.9 Å². The summed E-state index contributed by atoms with van der Waals surface area (Å²) in [5.41, 5.74) is 9.14. The van der Waals surface area contributed by atoms with Gasteiger partial charge in [-0.25, -0.2) is 0 Å². The monoisotopic (exact) mass is 405 g/mol. The number of hydrogen-bond donors (Lipinski definition) is 1. The zero-order chi connectivity index (χ0) is 21.2. The van der Waals surface area contributed by atoms with Gasteiger partial charge in [-0.1, -0.05) is 36.7 Å². The van der Waals surface area contributed by atoms with Crippen molar-refractivity contribution in [3.8, 4) is 5.69 Å². The van der Waals surface area contributed by atoms with Crippen LogP contribution in [0, 0.1) is 6.92 Å². The molecule has 0 bridgehead atoms. The number of hydrazone groups is 1. The molecule has 0 spiro atoms. The SMILES string of the molecule is Cc1ccc2c(c1)/[N+](=C/c1ccc(C(C)C)cc1)Nc1nncn1-2.F[B-](F)(F)F. The Morgan fingerprint density at radius 1 is 1.07 bits per heavy atom. The van der Waals surface area contributed by atoms with E-state index in [4.69, 9.17) is 0 Å². The number of nitrogens with zero attached hydrogens (tertiary/aromatic N) is 4. The van der Waals surface area contributed by atoms with Gasteiger partial charge in [0.15, 0.2) is 0 Å². The molecule has 0 fully saturated rings. The molecule has 4 rings (SSSR count). The first-order chi connectivity index (χ1) is 13.6. The maximum absolute atomic E-state index is 9.75. The van der Waals surface area contributed by atoms with Crippen molar-refractivity contribution in [2.24, 2.45) is 0 Å². The molecule has 0 unspecified atom stereocenters. The second-order valence-electron chi connectivity index (χ2n) is 6.94. The van der Waals surface area contributed by atoms with Crippen LogP contribution < -0.4 is 5.43 Å². The molecule has 1 aromatic heterocycles. The Bertz CT molecular complexity index is 1020. The Hall–Kier alpha value is -3.17. The lowest BCUT2D eigenvalue weighted by molar-refractivity contribution is -0.402. The summed E-state index contributed by atoms with van der Waals surface area (Å²) in [6.45, 7) is 6.51. The van der Waals surface area contributed by atoms with Crippen molar-refractivity contribution < 1.29 is 21.9 Å². The second kappa shape index (κ2) is 8.06. The number of nitrogens with one attached hydrogen (secondary N) is 1. The summed E-state index contributed by atoms with van der Waals surface area (Å²) in [7, 11) is -6.00. The van der Waals surface area contributed by atoms with Crippen molar-refractivity contribution in [1.82, 2.24) is 14.8 Å². The number of rotatable bonds is 2. The predicted octanol–water partition coefficient (Wildman–Crippen LogP) is 5.10. The lowest BCUT2D eigenvalue weighted by Gasteiger charge is -2.16. The fraction of sp³-hybridized carbons (Fsp3) is 0.211. The van der Waals surface area contributed by atoms with Crippen molar-refractivity contribution in [2.45, 2.75) is 26.7 Å². The summed E-state index contributed by atoms with van der Waals surface area (Å²) in [6.07, 6.45) is 3.81. The summed E-state index contributed by atoms with van der Waals surface area (Å²) in [4.78, 5) is 0. The van der Waals surface area contributed by atoms with Crippen LogP contribution in [0.3, 0.4) is 0 Å². The van der Waals surface area contributed by atoms with E-state index in [1.165, 1.54) is 11.1 Å². The molecule has 29 heavy (non-hydrogen) atoms. The molecule has 0 saturated carbocycles. The Morgan fingerprint density at radius 3 is 2.34 bits per heavy atom. The highest BCUT2D eigenvalue weighted by Gasteiger charge is 2.27. The highest BCUT2D eigenvalue weighted by Crippen LogP contribution is 2.30. The lowest BCUT2D eigenvalue weighted by atomic mass is 10.0. The fourth-order valence-corrected chi connectivity index (χ4v) is 2.90. The number of aromatic nitrogens is 3. The van der Waals surface area contributed by atoms with Crippen molar-refractivity contribution in [2.75, 3.05) is 5.43 Å². The van der Waals surface area contributed by atoms with E-state index in [2.05, 4.69) is 85.1 Å². The van der Waals surface area contributed by atoms with Gasteiger partial charge in [0.1, 0.15) is 12.0 Å². The van der Waals surface area contributed by atoms with Gasteiger partial charge in [0.05, 0.1) is 0 Å². The van der Waals surface area contributed by atoms with E-state index in [-0.39, 0.29) is 0 Å². The molecular formula is C19H20BF4N5. The zero-order valence-corrected chi connectivity index (χ0v) is 16.2. The van der Waals surface area contributed by atoms with Crippen molar-refractivity contribution >= 4 is 25.1 Å². The minimum Gasteiger partial charge on any atom is -0.418 e. The van der Waals surface area contributed by atoms with E-state index in [1.807, 2.05) is 9.25 Å². The van der Waals surface area contributed by atoms with Crippen molar-refractivity contribution in [3.63, 3.8) is 0 Å². The van der Waals surface area contributed by atoms with Crippen LogP contribution >= 0.6 is 0 Å². The average Bonchev–Trinajstić information content (AvgIpc) is 3.09. The van der Waals surface area contributed by atoms with E-state index in [0.29, 0.717) is 11.9 Å². The fourth-order valence-electron chi connectivity index (χ4n) is 2.90. The van der Waals surface area contributed by atoms with Gasteiger partial charge in [-0.2, -0.15) is 0 Å². The summed E-state index contributed by atoms with van der Waals surface area (Å²) in [5, 5.41) is 8.15. The Balaban J connectivity index is 0.000000431. The molecule has 5 nitrogen and oxygen atoms in total. The lowest BCUT2D eigenvalue weighted by Crippen LogP contribution is -2.24. The number of anilines is 1. The minimum atomic E-state index is -6.00. The third-order valence-electron chi connectivity index (χ3n) is 4.30. The quantitative estimate of drug-likeness (QED) is 0.367. The standard InChI is InChI=1S/C19H20N5.BF4/c1-13(2)16-7-5-15(6-8-16)11-24-18-10-14(3)4-9-17(18)23-12-20-21-19(23)22-24;2-1(3,4)5/h4-13H,1-3H3,(H,21,22);/q+1;-1/b24-11-;. The molecule has 0 radical (unpaired) electrons. The van der Waals surface area contributed by atoms with Crippen LogP contribution in [0.2, 0.25) is 0 Å². The number of hydrogen-bond acceptors (Lipinski definition) is 3. The molecule has 2 heterocycles. The number of aryl methyl sites for hydroxylation is 1. The molecule has 0 saturated heterocycles. The molecule has 2 aromatic carbocycles. The Kier molecular flexibility index (Phi) is 5.72. The number of halogens is 4. The van der Waals surface area contributed by atoms with Crippen LogP contribution in [0.15, 0.2) is 48.8 Å². The molecule has 0 amide bonds. The number of hydrazine groups is 1. The van der Waals surface area contributed by atoms with Gasteiger partial charge in [0, 0.05) is 11.6 Å². The van der Waals surface area contributed by atoms with E-state index in [1.54, 1.807) is 6.33 Å². The Labute approximate surface area is 165 Å². The van der Waals surface area contributed by atoms with Gasteiger partial charge in [0.2, 0.25) is 6.21 Å². The maximum Gasteiger partial charge on any atom is 0.673 e. The van der Waals surface area contributed by atoms with Gasteiger partial charge in [0.25, 0.3) is 11.6 Å². The van der Waals surface area contributed by atoms with E-state index >= 15 is 0 Å². The topological polar surface area (TPSA) is 45.8 Å². The van der Waals surface area contributed by atoms with Gasteiger partial charge in [-0.05, 0) is 42.2 Å². The van der Waals surface area contributed by atoms with E-state index in [9.17, 15) is 17.3 Å². The molecule has 10 heteroatoms. The third-order valence-corrected chi connectivity index (χ3v) is 4.30. The van der Waals surface area contributed by atoms with Gasteiger partial charge in [-0.15, -0.1) is 15.6 Å². The first-order valence-corrected chi connectivity index (χ1v) is 9.01. The molecular weight excluding hydrogens is 385 g/mol. The third kappa shape index (κ3) is 5.21. The molecule has 1 N–H and O–H groups in total. The normalized spacial score (nSPS) is 14.0. The first-order valence-electron chi connectivity index (χ1n) is 9.01. The Morgan fingerprint density at radius 2 is 1.72 bits per heavy atom. The zero-order valence-electron chi connectivity index (χ0n) is 16.2. The maximum atomic E-state index is 9.75. The average molecular weight is 405 g/mol. The summed E-state index contributed by atoms with van der Waals surface area (Å²) in [6, 6.07) is 15.0. The van der Waals surface area contributed by atoms with Crippen molar-refractivity contribution in [3.05, 3.63) is 65.5 Å². The second-order valence-corrected chi connectivity index (χ2v) is 6.94. The smallest absolute Gasteiger partial charge is 0.418 e. The van der Waals surface area contributed by atoms with Gasteiger partial charge < -0.3 is 17.3 Å². The molecule has 3 aromatic rings. The highest BCUT2D eigenvalue weighted by atomic mass is 19.5. The van der Waals surface area contributed by atoms with Crippen LogP contribution in [0.1, 0.15) is 36.5 Å². The summed E-state index contributed by atoms with van der Waals surface area (Å²) in [5.74, 6) is 1.25. The van der Waals surface area contributed by atoms with Gasteiger partial charge in [-0.3, -0.25) is 4.57 Å². The van der Waals surface area contributed by atoms with Crippen LogP contribution in [0.25, 0.3) is 5.69 Å². The molecule has 0 aliphatic carbocycles. The largest absolute Gasteiger partial charge is 0.673 e. The summed E-state index contributed by atoms with van der Waals surface area (Å²) >= 11 is 0. The molecule has 1 aliphatic heterocycles. The van der Waals surface area contributed by atoms with Crippen molar-refractivity contribution in [1.29, 1.82) is 0 Å². The first kappa shape index (κ1) is 20.6. The predicted molar refractivity (Wildman–Crippen MR) is 106 cm³/mol. The van der Waals surface area contributed by atoms with Crippen LogP contribution in [0.4, 0.5) is 28.9 Å².